The molecule has 158 valence electrons. The Labute approximate surface area is 181 Å². The van der Waals surface area contributed by atoms with Crippen molar-refractivity contribution in [1.82, 2.24) is 24.4 Å². The van der Waals surface area contributed by atoms with Gasteiger partial charge in [0.2, 0.25) is 0 Å². The number of hydrogen-bond donors (Lipinski definition) is 1. The molecule has 3 heterocycles. The molecule has 0 saturated heterocycles. The van der Waals surface area contributed by atoms with E-state index in [2.05, 4.69) is 44.1 Å². The molecule has 0 bridgehead atoms. The number of fused-ring (bicyclic) bond motifs is 2. The molecule has 7 heteroatoms. The Hall–Kier alpha value is -3.29. The zero-order valence-corrected chi connectivity index (χ0v) is 17.5. The van der Waals surface area contributed by atoms with Gasteiger partial charge in [0.25, 0.3) is 0 Å². The molecule has 2 aromatic carbocycles. The maximum atomic E-state index is 10.5. The number of ether oxygens (including phenoxy) is 1. The lowest BCUT2D eigenvalue weighted by molar-refractivity contribution is 0.0638. The first kappa shape index (κ1) is 19.7. The van der Waals surface area contributed by atoms with Gasteiger partial charge >= 0.3 is 0 Å². The molecule has 1 aliphatic rings. The molecule has 0 fully saturated rings. The van der Waals surface area contributed by atoms with E-state index in [4.69, 9.17) is 4.74 Å². The Balaban J connectivity index is 1.21. The van der Waals surface area contributed by atoms with Gasteiger partial charge in [-0.1, -0.05) is 36.4 Å². The number of rotatable bonds is 6. The summed E-state index contributed by atoms with van der Waals surface area (Å²) in [6, 6.07) is 16.2. The zero-order valence-electron chi connectivity index (χ0n) is 17.5. The molecule has 1 atom stereocenters. The Morgan fingerprint density at radius 2 is 1.97 bits per heavy atom. The fourth-order valence-electron chi connectivity index (χ4n) is 4.04. The highest BCUT2D eigenvalue weighted by molar-refractivity contribution is 5.72. The largest absolute Gasteiger partial charge is 0.491 e. The summed E-state index contributed by atoms with van der Waals surface area (Å²) in [6.07, 6.45) is 3.92. The highest BCUT2D eigenvalue weighted by Crippen LogP contribution is 2.23. The topological polar surface area (TPSA) is 76.3 Å². The first-order valence-electron chi connectivity index (χ1n) is 10.5. The fourth-order valence-corrected chi connectivity index (χ4v) is 4.04. The van der Waals surface area contributed by atoms with Crippen LogP contribution in [0.15, 0.2) is 61.1 Å². The molecule has 5 rings (SSSR count). The van der Waals surface area contributed by atoms with Crippen LogP contribution >= 0.6 is 0 Å². The third-order valence-electron chi connectivity index (χ3n) is 5.67. The van der Waals surface area contributed by atoms with E-state index >= 15 is 0 Å². The second-order valence-corrected chi connectivity index (χ2v) is 8.00. The van der Waals surface area contributed by atoms with Gasteiger partial charge in [-0.2, -0.15) is 0 Å². The van der Waals surface area contributed by atoms with Crippen molar-refractivity contribution in [3.05, 3.63) is 72.2 Å². The van der Waals surface area contributed by atoms with E-state index in [-0.39, 0.29) is 6.61 Å². The van der Waals surface area contributed by atoms with Crippen molar-refractivity contribution in [2.24, 2.45) is 7.05 Å². The Kier molecular flexibility index (Phi) is 5.36. The number of nitrogens with zero attached hydrogens (tertiary/aromatic N) is 5. The van der Waals surface area contributed by atoms with Gasteiger partial charge in [0.15, 0.2) is 11.5 Å². The number of aryl methyl sites for hydroxylation is 1. The monoisotopic (exact) mass is 415 g/mol. The first-order chi connectivity index (χ1) is 15.2. The molecule has 0 aliphatic carbocycles. The minimum atomic E-state index is -0.559. The molecule has 1 N–H and O–H groups in total. The van der Waals surface area contributed by atoms with E-state index in [1.807, 2.05) is 35.9 Å². The van der Waals surface area contributed by atoms with Gasteiger partial charge in [0.1, 0.15) is 24.0 Å². The smallest absolute Gasteiger partial charge is 0.163 e. The standard InChI is InChI=1S/C24H25N5O2/c1-28-16-26-22-12-25-23(27-24(22)28)18-7-4-8-21(11-18)31-15-20(30)14-29-10-9-17-5-2-3-6-19(17)13-29/h2-8,11-12,16,20,30H,9-10,13-15H2,1H3. The van der Waals surface area contributed by atoms with Gasteiger partial charge in [-0.25, -0.2) is 15.0 Å². The molecular formula is C24H25N5O2. The van der Waals surface area contributed by atoms with Gasteiger partial charge in [-0.05, 0) is 29.7 Å². The number of aromatic nitrogens is 4. The summed E-state index contributed by atoms with van der Waals surface area (Å²) in [7, 11) is 1.91. The Morgan fingerprint density at radius 1 is 1.10 bits per heavy atom. The lowest BCUT2D eigenvalue weighted by Gasteiger charge is -2.30. The third-order valence-corrected chi connectivity index (χ3v) is 5.67. The number of hydrogen-bond acceptors (Lipinski definition) is 6. The van der Waals surface area contributed by atoms with Crippen molar-refractivity contribution in [3.8, 4) is 17.1 Å². The summed E-state index contributed by atoms with van der Waals surface area (Å²) in [5.74, 6) is 1.31. The quantitative estimate of drug-likeness (QED) is 0.522. The highest BCUT2D eigenvalue weighted by atomic mass is 16.5. The van der Waals surface area contributed by atoms with Crippen LogP contribution in [-0.4, -0.2) is 55.3 Å². The van der Waals surface area contributed by atoms with E-state index < -0.39 is 6.10 Å². The maximum Gasteiger partial charge on any atom is 0.163 e. The highest BCUT2D eigenvalue weighted by Gasteiger charge is 2.19. The molecule has 7 nitrogen and oxygen atoms in total. The Morgan fingerprint density at radius 3 is 2.87 bits per heavy atom. The van der Waals surface area contributed by atoms with Crippen molar-refractivity contribution in [1.29, 1.82) is 0 Å². The summed E-state index contributed by atoms with van der Waals surface area (Å²) in [5, 5.41) is 10.5. The van der Waals surface area contributed by atoms with Gasteiger partial charge in [-0.15, -0.1) is 0 Å². The van der Waals surface area contributed by atoms with E-state index in [1.165, 1.54) is 11.1 Å². The number of imidazole rings is 1. The average Bonchev–Trinajstić information content (AvgIpc) is 3.18. The van der Waals surface area contributed by atoms with Crippen molar-refractivity contribution in [3.63, 3.8) is 0 Å². The fraction of sp³-hybridized carbons (Fsp3) is 0.292. The predicted octanol–water partition coefficient (Wildman–Crippen LogP) is 2.83. The van der Waals surface area contributed by atoms with Crippen LogP contribution in [-0.2, 0) is 20.0 Å². The average molecular weight is 415 g/mol. The maximum absolute atomic E-state index is 10.5. The summed E-state index contributed by atoms with van der Waals surface area (Å²) < 4.78 is 7.76. The zero-order chi connectivity index (χ0) is 21.2. The molecule has 0 saturated carbocycles. The molecule has 0 spiro atoms. The number of β-amino-alcohol motifs (C(OH)–C–C–N with tert-alkyl or cyclic N) is 1. The van der Waals surface area contributed by atoms with Crippen LogP contribution in [0, 0.1) is 0 Å². The van der Waals surface area contributed by atoms with Crippen LogP contribution in [0.4, 0.5) is 0 Å². The van der Waals surface area contributed by atoms with Crippen molar-refractivity contribution >= 4 is 11.2 Å². The predicted molar refractivity (Wildman–Crippen MR) is 119 cm³/mol. The van der Waals surface area contributed by atoms with Crippen molar-refractivity contribution in [2.75, 3.05) is 19.7 Å². The minimum Gasteiger partial charge on any atom is -0.491 e. The molecule has 31 heavy (non-hydrogen) atoms. The molecular weight excluding hydrogens is 390 g/mol. The van der Waals surface area contributed by atoms with Crippen LogP contribution in [0.25, 0.3) is 22.6 Å². The van der Waals surface area contributed by atoms with Crippen LogP contribution < -0.4 is 4.74 Å². The van der Waals surface area contributed by atoms with Crippen molar-refractivity contribution < 1.29 is 9.84 Å². The second-order valence-electron chi connectivity index (χ2n) is 8.00. The second kappa shape index (κ2) is 8.45. The van der Waals surface area contributed by atoms with Gasteiger partial charge in [-0.3, -0.25) is 4.90 Å². The lowest BCUT2D eigenvalue weighted by Crippen LogP contribution is -2.38. The lowest BCUT2D eigenvalue weighted by atomic mass is 10.00. The minimum absolute atomic E-state index is 0.239. The van der Waals surface area contributed by atoms with Gasteiger partial charge in [0.05, 0.1) is 12.5 Å². The normalized spacial score (nSPS) is 15.0. The Bertz CT molecular complexity index is 1210. The van der Waals surface area contributed by atoms with Gasteiger partial charge in [0, 0.05) is 32.2 Å². The summed E-state index contributed by atoms with van der Waals surface area (Å²) >= 11 is 0. The van der Waals surface area contributed by atoms with Crippen LogP contribution in [0.3, 0.4) is 0 Å². The SMILES string of the molecule is Cn1cnc2cnc(-c3cccc(OCC(O)CN4CCc5ccccc5C4)c3)nc21. The van der Waals surface area contributed by atoms with E-state index in [0.717, 1.165) is 36.2 Å². The number of aliphatic hydroxyl groups excluding tert-OH is 1. The summed E-state index contributed by atoms with van der Waals surface area (Å²) in [5.41, 5.74) is 5.17. The third kappa shape index (κ3) is 4.28. The van der Waals surface area contributed by atoms with E-state index in [0.29, 0.717) is 18.1 Å². The number of benzene rings is 2. The molecule has 2 aromatic heterocycles. The summed E-state index contributed by atoms with van der Waals surface area (Å²) in [4.78, 5) is 15.6. The first-order valence-corrected chi connectivity index (χ1v) is 10.5. The molecule has 1 unspecified atom stereocenters. The van der Waals surface area contributed by atoms with Crippen LogP contribution in [0.1, 0.15) is 11.1 Å². The number of aliphatic hydroxyl groups is 1. The van der Waals surface area contributed by atoms with E-state index in [1.54, 1.807) is 12.5 Å². The summed E-state index contributed by atoms with van der Waals surface area (Å²) in [6.45, 7) is 2.66. The van der Waals surface area contributed by atoms with Gasteiger partial charge < -0.3 is 14.4 Å². The molecule has 1 aliphatic heterocycles. The van der Waals surface area contributed by atoms with Crippen LogP contribution in [0.5, 0.6) is 5.75 Å². The van der Waals surface area contributed by atoms with Crippen molar-refractivity contribution in [2.45, 2.75) is 19.1 Å². The van der Waals surface area contributed by atoms with E-state index in [9.17, 15) is 5.11 Å². The van der Waals surface area contributed by atoms with Crippen LogP contribution in [0.2, 0.25) is 0 Å². The molecule has 0 amide bonds. The molecule has 0 radical (unpaired) electrons. The molecule has 4 aromatic rings.